The fourth-order valence-electron chi connectivity index (χ4n) is 26.5. The third-order valence-electron chi connectivity index (χ3n) is 28.7. The Morgan fingerprint density at radius 3 is 0.667 bits per heavy atom. The van der Waals surface area contributed by atoms with Crippen molar-refractivity contribution in [2.24, 2.45) is 0 Å². The highest BCUT2D eigenvalue weighted by Gasteiger charge is 2.61. The maximum absolute atomic E-state index is 14.6. The monoisotopic (exact) mass is 1040 g/mol. The van der Waals surface area contributed by atoms with Crippen LogP contribution in [0, 0.1) is 5.21 Å². The van der Waals surface area contributed by atoms with Gasteiger partial charge in [0, 0.05) is 5.21 Å². The molecule has 1 radical (unpaired) electrons. The second kappa shape index (κ2) is 8.15. The minimum Gasteiger partial charge on any atom is -0.714 e. The van der Waals surface area contributed by atoms with Crippen molar-refractivity contribution in [3.05, 3.63) is 87.6 Å². The number of fused-ring (bicyclic) bond motifs is 5. The van der Waals surface area contributed by atoms with Crippen molar-refractivity contribution in [1.82, 2.24) is 5.06 Å². The standard InChI is InChI=1S/C80H21N2O2/c1-78(2)79(3,4)82(84)77(81(78)83)14-10-12-16(13-11-14)80(15-8-6-5-7-9-15)75-71-64-57-45-37-28-19-17-18-20-23(19)32-39(37)47-48-40(32)38-29(20)31-27-22(18)25-24-21(17)26-30(28)43(45)51-49-35(26)33(24)41-42-34(25)36(27)50-52-44(31)46(38)58-60(48)69(68(71)59(47)57)72-65(58)63(52)67-56(50)54(42)61-53(41)55(49)66(62(51)64)73(75)70(61)74(67)76(72)80/h5-13H,1-4H3. The lowest BCUT2D eigenvalue weighted by atomic mass is 9.58. The molecule has 0 N–H and O–H groups in total. The summed E-state index contributed by atoms with van der Waals surface area (Å²) in [5.41, 5.74) is 3.46. The third kappa shape index (κ3) is 2.04. The summed E-state index contributed by atoms with van der Waals surface area (Å²) in [7, 11) is 0. The Bertz CT molecular complexity index is 8060. The molecule has 0 atom stereocenters. The minimum absolute atomic E-state index is 0.198. The molecule has 0 saturated heterocycles. The fourth-order valence-corrected chi connectivity index (χ4v) is 26.5. The zero-order valence-electron chi connectivity index (χ0n) is 44.4. The van der Waals surface area contributed by atoms with Crippen LogP contribution in [0.4, 0.5) is 0 Å². The Kier molecular flexibility index (Phi) is 3.33. The summed E-state index contributed by atoms with van der Waals surface area (Å²) in [6.07, 6.45) is 0. The number of benzene rings is 21. The van der Waals surface area contributed by atoms with Crippen LogP contribution >= 0.6 is 0 Å². The van der Waals surface area contributed by atoms with Crippen LogP contribution in [0.25, 0.3) is 312 Å². The summed E-state index contributed by atoms with van der Waals surface area (Å²) in [6.45, 7) is 7.66. The van der Waals surface area contributed by atoms with Gasteiger partial charge in [0.1, 0.15) is 5.54 Å². The van der Waals surface area contributed by atoms with Gasteiger partial charge in [-0.05, 0) is 374 Å². The molecule has 363 valence electrons. The average Bonchev–Trinajstić information content (AvgIpc) is 1.39. The first-order chi connectivity index (χ1) is 41.3. The molecule has 0 fully saturated rings. The molecule has 32 aromatic carbocycles. The Labute approximate surface area is 462 Å². The van der Waals surface area contributed by atoms with Gasteiger partial charge in [-0.3, -0.25) is 4.74 Å². The normalized spacial score (nSPS) is 19.3. The minimum atomic E-state index is -0.935. The van der Waals surface area contributed by atoms with E-state index >= 15 is 0 Å². The zero-order valence-corrected chi connectivity index (χ0v) is 44.4. The summed E-state index contributed by atoms with van der Waals surface area (Å²) >= 11 is 0. The highest BCUT2D eigenvalue weighted by Crippen LogP contribution is 2.81. The predicted octanol–water partition coefficient (Wildman–Crippen LogP) is 20.9. The molecule has 2 aliphatic rings. The third-order valence-corrected chi connectivity index (χ3v) is 28.7. The van der Waals surface area contributed by atoms with E-state index in [-0.39, 0.29) is 5.84 Å². The van der Waals surface area contributed by atoms with Crippen molar-refractivity contribution in [2.45, 2.75) is 44.2 Å². The number of hydroxylamine groups is 3. The van der Waals surface area contributed by atoms with Crippen LogP contribution < -0.4 is 0 Å². The molecule has 0 aromatic heterocycles. The summed E-state index contributed by atoms with van der Waals surface area (Å²) in [4.78, 5) is 0. The molecule has 1 aliphatic heterocycles. The van der Waals surface area contributed by atoms with Gasteiger partial charge in [-0.25, -0.2) is 0 Å². The molecule has 84 heavy (non-hydrogen) atoms. The van der Waals surface area contributed by atoms with Gasteiger partial charge in [-0.1, -0.05) is 47.5 Å². The molecule has 0 amide bonds. The van der Waals surface area contributed by atoms with Gasteiger partial charge in [0.2, 0.25) is 0 Å². The van der Waals surface area contributed by atoms with Gasteiger partial charge < -0.3 is 5.21 Å². The topological polar surface area (TPSA) is 49.2 Å². The molecular weight excluding hydrogens is 1020 g/mol. The van der Waals surface area contributed by atoms with Crippen molar-refractivity contribution in [1.29, 1.82) is 0 Å². The molecule has 4 heteroatoms. The van der Waals surface area contributed by atoms with Gasteiger partial charge in [0.25, 0.3) is 0 Å². The lowest BCUT2D eigenvalue weighted by Crippen LogP contribution is -2.53. The van der Waals surface area contributed by atoms with Crippen LogP contribution in [-0.2, 0) is 10.6 Å². The summed E-state index contributed by atoms with van der Waals surface area (Å²) < 4.78 is 1.00. The molecule has 0 saturated carbocycles. The van der Waals surface area contributed by atoms with Crippen molar-refractivity contribution >= 4 is 318 Å². The van der Waals surface area contributed by atoms with Crippen LogP contribution in [0.3, 0.4) is 0 Å². The van der Waals surface area contributed by atoms with Crippen LogP contribution in [-0.4, -0.2) is 26.7 Å². The summed E-state index contributed by atoms with van der Waals surface area (Å²) in [5, 5.41) is 121. The molecular formula is C80H21N2O2. The van der Waals surface area contributed by atoms with E-state index in [4.69, 9.17) is 0 Å². The summed E-state index contributed by atoms with van der Waals surface area (Å²) in [6, 6.07) is 20.9. The van der Waals surface area contributed by atoms with Crippen LogP contribution in [0.15, 0.2) is 54.6 Å². The second-order valence-electron chi connectivity index (χ2n) is 30.2. The molecule has 0 bridgehead atoms. The van der Waals surface area contributed by atoms with Crippen LogP contribution in [0.2, 0.25) is 0 Å². The number of hydrogen-bond acceptors (Lipinski definition) is 2. The fraction of sp³-hybridized carbons (Fsp3) is 0.0875. The van der Waals surface area contributed by atoms with Gasteiger partial charge in [-0.2, -0.15) is 0 Å². The Balaban J connectivity index is 1.01. The van der Waals surface area contributed by atoms with Gasteiger partial charge in [0.05, 0.1) is 11.0 Å². The van der Waals surface area contributed by atoms with Crippen LogP contribution in [0.5, 0.6) is 0 Å². The van der Waals surface area contributed by atoms with Gasteiger partial charge >= 0.3 is 5.84 Å². The van der Waals surface area contributed by atoms with E-state index in [1.165, 1.54) is 81.5 Å². The Morgan fingerprint density at radius 1 is 0.274 bits per heavy atom. The molecule has 1 aliphatic carbocycles. The highest BCUT2D eigenvalue weighted by molar-refractivity contribution is 6.84. The number of amidine groups is 1. The van der Waals surface area contributed by atoms with E-state index in [1.54, 1.807) is 253 Å². The number of hydrogen-bond donors (Lipinski definition) is 0. The van der Waals surface area contributed by atoms with Crippen molar-refractivity contribution < 1.29 is 9.95 Å². The summed E-state index contributed by atoms with van der Waals surface area (Å²) in [5.74, 6) is 0.198. The lowest BCUT2D eigenvalue weighted by Gasteiger charge is -2.42. The van der Waals surface area contributed by atoms with E-state index in [1.807, 2.05) is 27.7 Å². The highest BCUT2D eigenvalue weighted by atomic mass is 16.5. The lowest BCUT2D eigenvalue weighted by molar-refractivity contribution is -0.539. The smallest absolute Gasteiger partial charge is 0.316 e. The predicted molar refractivity (Wildman–Crippen MR) is 351 cm³/mol. The molecule has 4 nitrogen and oxygen atoms in total. The molecule has 32 aromatic rings. The molecule has 1 heterocycles. The Morgan fingerprint density at radius 2 is 0.464 bits per heavy atom. The van der Waals surface area contributed by atoms with Gasteiger partial charge in [0.15, 0.2) is 5.54 Å². The number of rotatable bonds is 3. The van der Waals surface area contributed by atoms with Crippen molar-refractivity contribution in [3.63, 3.8) is 0 Å². The molecule has 0 unspecified atom stereocenters. The van der Waals surface area contributed by atoms with E-state index in [2.05, 4.69) is 54.6 Å². The second-order valence-corrected chi connectivity index (χ2v) is 30.2. The maximum Gasteiger partial charge on any atom is 0.316 e. The molecule has 34 rings (SSSR count). The van der Waals surface area contributed by atoms with Crippen LogP contribution in [0.1, 0.15) is 55.5 Å². The SMILES string of the molecule is CC1(C)N([O])C(c2ccc(C3(c4ccccc4)c4c5c6c7c3c3c8c9c4c4c%10c5c5c%11c6c6c%12c7c7c3c3c8c8c%13c9c4c4c9c%10c5c5c%10c%11c6c6c%11c%12c7c7c3c3c8c8c%13c4c4c9c5c5c%10c6c6c%11c7c3c3c8c4c5c63)cc2)=[N+]([O-])C1(C)C. The van der Waals surface area contributed by atoms with E-state index in [0.29, 0.717) is 5.56 Å². The first-order valence-electron chi connectivity index (χ1n) is 30.7. The van der Waals surface area contributed by atoms with E-state index < -0.39 is 16.5 Å². The molecule has 0 spiro atoms. The quantitative estimate of drug-likeness (QED) is 0.101. The number of nitrogens with zero attached hydrogens (tertiary/aromatic N) is 2. The zero-order chi connectivity index (χ0) is 52.0. The first-order valence-corrected chi connectivity index (χ1v) is 30.7. The Hall–Kier alpha value is -10.1. The van der Waals surface area contributed by atoms with E-state index in [9.17, 15) is 10.4 Å². The van der Waals surface area contributed by atoms with Gasteiger partial charge in [-0.15, -0.1) is 0 Å². The van der Waals surface area contributed by atoms with Crippen molar-refractivity contribution in [2.75, 3.05) is 0 Å². The average molecular weight is 1040 g/mol. The van der Waals surface area contributed by atoms with E-state index in [0.717, 1.165) is 9.80 Å². The maximum atomic E-state index is 14.6. The first kappa shape index (κ1) is 34.3. The van der Waals surface area contributed by atoms with Crippen molar-refractivity contribution in [3.8, 4) is 0 Å². The largest absolute Gasteiger partial charge is 0.714 e.